The van der Waals surface area contributed by atoms with Crippen LogP contribution in [0.25, 0.3) is 0 Å². The Morgan fingerprint density at radius 3 is 2.95 bits per heavy atom. The zero-order valence-electron chi connectivity index (χ0n) is 13.5. The molecule has 1 aromatic heterocycles. The maximum atomic E-state index is 12.6. The monoisotopic (exact) mass is 303 g/mol. The van der Waals surface area contributed by atoms with Gasteiger partial charge in [-0.2, -0.15) is 4.98 Å². The maximum Gasteiger partial charge on any atom is 0.229 e. The van der Waals surface area contributed by atoms with Gasteiger partial charge < -0.3 is 9.42 Å². The summed E-state index contributed by atoms with van der Waals surface area (Å²) in [6, 6.07) is -0.00654. The molecule has 0 unspecified atom stereocenters. The smallest absolute Gasteiger partial charge is 0.229 e. The number of likely N-dealkylation sites (tertiary alicyclic amines) is 1. The van der Waals surface area contributed by atoms with Gasteiger partial charge >= 0.3 is 0 Å². The molecule has 0 aromatic carbocycles. The number of allylic oxidation sites excluding steroid dienone is 1. The highest BCUT2D eigenvalue weighted by Gasteiger charge is 2.33. The molecular weight excluding hydrogens is 278 g/mol. The molecule has 0 bridgehead atoms. The fraction of sp³-hybridized carbons (Fsp3) is 0.706. The van der Waals surface area contributed by atoms with Crippen LogP contribution in [0, 0.1) is 0 Å². The molecule has 1 amide bonds. The highest BCUT2D eigenvalue weighted by Crippen LogP contribution is 2.32. The maximum absolute atomic E-state index is 12.6. The molecule has 5 nitrogen and oxygen atoms in total. The Morgan fingerprint density at radius 2 is 2.27 bits per heavy atom. The largest absolute Gasteiger partial charge is 0.339 e. The number of hydrogen-bond acceptors (Lipinski definition) is 4. The molecule has 0 spiro atoms. The first kappa shape index (κ1) is 15.3. The first-order valence-electron chi connectivity index (χ1n) is 8.46. The molecule has 1 fully saturated rings. The molecule has 3 rings (SSSR count). The van der Waals surface area contributed by atoms with Crippen LogP contribution < -0.4 is 0 Å². The van der Waals surface area contributed by atoms with E-state index in [2.05, 4.69) is 16.2 Å². The van der Waals surface area contributed by atoms with Crippen molar-refractivity contribution in [1.29, 1.82) is 0 Å². The summed E-state index contributed by atoms with van der Waals surface area (Å²) in [4.78, 5) is 19.1. The standard InChI is InChI=1S/C17H25N3O2/c1-12(2)17-18-16(19-22-17)14-9-6-10-20(14)15(21)11-13-7-4-3-5-8-13/h7,12,14H,3-6,8-11H2,1-2H3/t14-/m0/s1. The highest BCUT2D eigenvalue weighted by atomic mass is 16.5. The van der Waals surface area contributed by atoms with E-state index in [4.69, 9.17) is 4.52 Å². The van der Waals surface area contributed by atoms with Crippen molar-refractivity contribution < 1.29 is 9.32 Å². The average Bonchev–Trinajstić information content (AvgIpc) is 3.17. The minimum atomic E-state index is -0.00654. The average molecular weight is 303 g/mol. The Labute approximate surface area is 131 Å². The number of carbonyl (C=O) groups excluding carboxylic acids is 1. The van der Waals surface area contributed by atoms with Crippen LogP contribution in [-0.4, -0.2) is 27.5 Å². The van der Waals surface area contributed by atoms with Gasteiger partial charge in [-0.3, -0.25) is 4.79 Å². The number of amides is 1. The molecule has 1 saturated heterocycles. The topological polar surface area (TPSA) is 59.2 Å². The summed E-state index contributed by atoms with van der Waals surface area (Å²) in [6.07, 6.45) is 9.42. The van der Waals surface area contributed by atoms with Crippen LogP contribution in [0.2, 0.25) is 0 Å². The summed E-state index contributed by atoms with van der Waals surface area (Å²) < 4.78 is 5.31. The van der Waals surface area contributed by atoms with Gasteiger partial charge in [0.25, 0.3) is 0 Å². The molecule has 120 valence electrons. The van der Waals surface area contributed by atoms with E-state index in [1.54, 1.807) is 0 Å². The van der Waals surface area contributed by atoms with Crippen LogP contribution >= 0.6 is 0 Å². The van der Waals surface area contributed by atoms with E-state index in [1.165, 1.54) is 18.4 Å². The van der Waals surface area contributed by atoms with E-state index < -0.39 is 0 Å². The van der Waals surface area contributed by atoms with E-state index in [0.717, 1.165) is 32.2 Å². The molecule has 1 atom stereocenters. The van der Waals surface area contributed by atoms with Gasteiger partial charge in [-0.25, -0.2) is 0 Å². The van der Waals surface area contributed by atoms with Crippen LogP contribution in [0.15, 0.2) is 16.2 Å². The van der Waals surface area contributed by atoms with Crippen LogP contribution in [0.3, 0.4) is 0 Å². The van der Waals surface area contributed by atoms with Crippen molar-refractivity contribution in [2.75, 3.05) is 6.54 Å². The van der Waals surface area contributed by atoms with E-state index in [-0.39, 0.29) is 17.9 Å². The quantitative estimate of drug-likeness (QED) is 0.795. The van der Waals surface area contributed by atoms with E-state index in [0.29, 0.717) is 18.1 Å². The van der Waals surface area contributed by atoms with Crippen molar-refractivity contribution in [3.63, 3.8) is 0 Å². The molecule has 1 aromatic rings. The Bertz CT molecular complexity index is 562. The van der Waals surface area contributed by atoms with Crippen molar-refractivity contribution in [3.8, 4) is 0 Å². The lowest BCUT2D eigenvalue weighted by molar-refractivity contribution is -0.131. The molecule has 0 radical (unpaired) electrons. The summed E-state index contributed by atoms with van der Waals surface area (Å²) in [6.45, 7) is 4.87. The molecule has 0 saturated carbocycles. The molecule has 0 N–H and O–H groups in total. The number of nitrogens with zero attached hydrogens (tertiary/aromatic N) is 3. The summed E-state index contributed by atoms with van der Waals surface area (Å²) in [7, 11) is 0. The van der Waals surface area contributed by atoms with Crippen molar-refractivity contribution in [1.82, 2.24) is 15.0 Å². The van der Waals surface area contributed by atoms with Gasteiger partial charge in [0.1, 0.15) is 0 Å². The molecular formula is C17H25N3O2. The van der Waals surface area contributed by atoms with Gasteiger partial charge in [-0.05, 0) is 38.5 Å². The minimum absolute atomic E-state index is 0.00654. The van der Waals surface area contributed by atoms with E-state index >= 15 is 0 Å². The first-order chi connectivity index (χ1) is 10.6. The molecule has 1 aliphatic heterocycles. The zero-order valence-corrected chi connectivity index (χ0v) is 13.5. The second kappa shape index (κ2) is 6.63. The molecule has 2 aliphatic rings. The van der Waals surface area contributed by atoms with E-state index in [1.807, 2.05) is 18.7 Å². The second-order valence-corrected chi connectivity index (χ2v) is 6.68. The van der Waals surface area contributed by atoms with Crippen molar-refractivity contribution >= 4 is 5.91 Å². The van der Waals surface area contributed by atoms with Gasteiger partial charge in [-0.1, -0.05) is 30.7 Å². The van der Waals surface area contributed by atoms with Gasteiger partial charge in [0.15, 0.2) is 5.82 Å². The summed E-state index contributed by atoms with van der Waals surface area (Å²) in [5, 5.41) is 4.10. The first-order valence-corrected chi connectivity index (χ1v) is 8.46. The predicted octanol–water partition coefficient (Wildman–Crippen LogP) is 3.75. The van der Waals surface area contributed by atoms with Gasteiger partial charge in [0.05, 0.1) is 6.04 Å². The van der Waals surface area contributed by atoms with Gasteiger partial charge in [0.2, 0.25) is 11.8 Å². The third-order valence-corrected chi connectivity index (χ3v) is 4.59. The van der Waals surface area contributed by atoms with Gasteiger partial charge in [-0.15, -0.1) is 0 Å². The van der Waals surface area contributed by atoms with Gasteiger partial charge in [0, 0.05) is 18.9 Å². The SMILES string of the molecule is CC(C)c1nc([C@@H]2CCCN2C(=O)CC2=CCCCC2)no1. The normalized spacial score (nSPS) is 22.2. The van der Waals surface area contributed by atoms with Crippen LogP contribution in [0.5, 0.6) is 0 Å². The Kier molecular flexibility index (Phi) is 4.60. The number of rotatable bonds is 4. The third-order valence-electron chi connectivity index (χ3n) is 4.59. The zero-order chi connectivity index (χ0) is 15.5. The number of carbonyl (C=O) groups is 1. The molecule has 5 heteroatoms. The minimum Gasteiger partial charge on any atom is -0.339 e. The van der Waals surface area contributed by atoms with Crippen molar-refractivity contribution in [2.24, 2.45) is 0 Å². The molecule has 1 aliphatic carbocycles. The number of hydrogen-bond donors (Lipinski definition) is 0. The lowest BCUT2D eigenvalue weighted by Crippen LogP contribution is -2.31. The highest BCUT2D eigenvalue weighted by molar-refractivity contribution is 5.79. The van der Waals surface area contributed by atoms with E-state index in [9.17, 15) is 4.79 Å². The lowest BCUT2D eigenvalue weighted by Gasteiger charge is -2.23. The third kappa shape index (κ3) is 3.23. The van der Waals surface area contributed by atoms with Crippen LogP contribution in [-0.2, 0) is 4.79 Å². The van der Waals surface area contributed by atoms with Crippen LogP contribution in [0.4, 0.5) is 0 Å². The van der Waals surface area contributed by atoms with Crippen molar-refractivity contribution in [2.45, 2.75) is 70.8 Å². The fourth-order valence-corrected chi connectivity index (χ4v) is 3.31. The molecule has 2 heterocycles. The predicted molar refractivity (Wildman–Crippen MR) is 83.2 cm³/mol. The molecule has 22 heavy (non-hydrogen) atoms. The summed E-state index contributed by atoms with van der Waals surface area (Å²) >= 11 is 0. The second-order valence-electron chi connectivity index (χ2n) is 6.68. The number of aromatic nitrogens is 2. The Hall–Kier alpha value is -1.65. The van der Waals surface area contributed by atoms with Crippen LogP contribution in [0.1, 0.15) is 82.5 Å². The Balaban J connectivity index is 1.69. The van der Waals surface area contributed by atoms with Crippen molar-refractivity contribution in [3.05, 3.63) is 23.4 Å². The lowest BCUT2D eigenvalue weighted by atomic mass is 9.97. The fourth-order valence-electron chi connectivity index (χ4n) is 3.31. The summed E-state index contributed by atoms with van der Waals surface area (Å²) in [5.41, 5.74) is 1.30. The summed E-state index contributed by atoms with van der Waals surface area (Å²) in [5.74, 6) is 1.77. The Morgan fingerprint density at radius 1 is 1.41 bits per heavy atom.